The predicted octanol–water partition coefficient (Wildman–Crippen LogP) is 5.63. The molecule has 0 aromatic heterocycles. The highest BCUT2D eigenvalue weighted by molar-refractivity contribution is 6.25. The summed E-state index contributed by atoms with van der Waals surface area (Å²) in [6.07, 6.45) is 10.5. The van der Waals surface area contributed by atoms with Crippen molar-refractivity contribution in [1.29, 1.82) is 0 Å². The highest BCUT2D eigenvalue weighted by Crippen LogP contribution is 2.44. The van der Waals surface area contributed by atoms with Gasteiger partial charge in [0.25, 0.3) is 11.8 Å². The predicted molar refractivity (Wildman–Crippen MR) is 133 cm³/mol. The number of hydrogen-bond donors (Lipinski definition) is 2. The normalized spacial score (nSPS) is 21.9. The number of carboxylic acids is 2. The minimum absolute atomic E-state index is 0.0393. The van der Waals surface area contributed by atoms with E-state index in [0.717, 1.165) is 67.4 Å². The second-order valence-electron chi connectivity index (χ2n) is 10.1. The molecule has 7 nitrogen and oxygen atoms in total. The molecule has 0 spiro atoms. The third kappa shape index (κ3) is 5.14. The maximum atomic E-state index is 13.9. The Kier molecular flexibility index (Phi) is 9.09. The number of benzene rings is 1. The lowest BCUT2D eigenvalue weighted by molar-refractivity contribution is -0.164. The lowest BCUT2D eigenvalue weighted by Gasteiger charge is -2.43. The van der Waals surface area contributed by atoms with E-state index >= 15 is 0 Å². The van der Waals surface area contributed by atoms with E-state index in [0.29, 0.717) is 36.8 Å². The smallest absolute Gasteiger partial charge is 0.331 e. The second-order valence-corrected chi connectivity index (χ2v) is 10.1. The maximum absolute atomic E-state index is 13.9. The van der Waals surface area contributed by atoms with Crippen LogP contribution in [-0.4, -0.2) is 44.4 Å². The Balaban J connectivity index is 2.07. The van der Waals surface area contributed by atoms with E-state index < -0.39 is 35.2 Å². The molecule has 1 saturated carbocycles. The first-order valence-corrected chi connectivity index (χ1v) is 13.3. The molecule has 2 unspecified atom stereocenters. The number of hydrogen-bond acceptors (Lipinski definition) is 4. The fraction of sp³-hybridized carbons (Fsp3) is 0.643. The number of aliphatic carboxylic acids is 2. The first kappa shape index (κ1) is 26.9. The van der Waals surface area contributed by atoms with Crippen molar-refractivity contribution in [3.05, 3.63) is 34.4 Å². The van der Waals surface area contributed by atoms with E-state index in [4.69, 9.17) is 0 Å². The topological polar surface area (TPSA) is 112 Å². The van der Waals surface area contributed by atoms with Gasteiger partial charge < -0.3 is 10.2 Å². The summed E-state index contributed by atoms with van der Waals surface area (Å²) in [7, 11) is 0. The van der Waals surface area contributed by atoms with Crippen LogP contribution in [0.1, 0.15) is 123 Å². The number of carbonyl (C=O) groups excluding carboxylic acids is 2. The summed E-state index contributed by atoms with van der Waals surface area (Å²) in [5.74, 6) is -5.28. The molecule has 1 heterocycles. The minimum atomic E-state index is -2.06. The maximum Gasteiger partial charge on any atom is 0.331 e. The summed E-state index contributed by atoms with van der Waals surface area (Å²) in [6, 6.07) is 3.83. The Hall–Kier alpha value is -2.70. The van der Waals surface area contributed by atoms with Crippen LogP contribution in [0.3, 0.4) is 0 Å². The first-order valence-electron chi connectivity index (χ1n) is 13.3. The fourth-order valence-corrected chi connectivity index (χ4v) is 5.86. The molecule has 192 valence electrons. The van der Waals surface area contributed by atoms with Gasteiger partial charge in [-0.1, -0.05) is 77.3 Å². The zero-order chi connectivity index (χ0) is 25.6. The van der Waals surface area contributed by atoms with Gasteiger partial charge in [0, 0.05) is 0 Å². The molecule has 35 heavy (non-hydrogen) atoms. The molecule has 2 N–H and O–H groups in total. The lowest BCUT2D eigenvalue weighted by Crippen LogP contribution is -2.64. The quantitative estimate of drug-likeness (QED) is 0.277. The molecular weight excluding hydrogens is 446 g/mol. The van der Waals surface area contributed by atoms with Crippen molar-refractivity contribution in [3.63, 3.8) is 0 Å². The molecule has 0 saturated heterocycles. The highest BCUT2D eigenvalue weighted by Gasteiger charge is 2.61. The molecule has 1 fully saturated rings. The lowest BCUT2D eigenvalue weighted by atomic mass is 9.71. The molecule has 0 bridgehead atoms. The van der Waals surface area contributed by atoms with Crippen molar-refractivity contribution in [2.45, 2.75) is 109 Å². The summed E-state index contributed by atoms with van der Waals surface area (Å²) < 4.78 is 0. The van der Waals surface area contributed by atoms with Crippen LogP contribution in [0.2, 0.25) is 0 Å². The number of aryl methyl sites for hydroxylation is 2. The summed E-state index contributed by atoms with van der Waals surface area (Å²) >= 11 is 0. The van der Waals surface area contributed by atoms with E-state index in [2.05, 4.69) is 13.8 Å². The number of amides is 2. The van der Waals surface area contributed by atoms with Crippen LogP contribution >= 0.6 is 0 Å². The van der Waals surface area contributed by atoms with Gasteiger partial charge >= 0.3 is 11.9 Å². The van der Waals surface area contributed by atoms with E-state index in [1.165, 1.54) is 0 Å². The molecule has 3 rings (SSSR count). The molecule has 1 aromatic carbocycles. The first-order chi connectivity index (χ1) is 16.8. The molecule has 2 amide bonds. The van der Waals surface area contributed by atoms with Gasteiger partial charge in [0.2, 0.25) is 0 Å². The molecule has 0 radical (unpaired) electrons. The van der Waals surface area contributed by atoms with E-state index in [-0.39, 0.29) is 12.8 Å². The fourth-order valence-electron chi connectivity index (χ4n) is 5.86. The van der Waals surface area contributed by atoms with Gasteiger partial charge in [-0.3, -0.25) is 19.3 Å². The number of unbranched alkanes of at least 4 members (excludes halogenated alkanes) is 6. The summed E-state index contributed by atoms with van der Waals surface area (Å²) in [5.41, 5.74) is 0.0654. The second kappa shape index (κ2) is 11.8. The average Bonchev–Trinajstić information content (AvgIpc) is 3.11. The molecule has 1 aliphatic carbocycles. The Bertz CT molecular complexity index is 919. The largest absolute Gasteiger partial charge is 0.481 e. The van der Waals surface area contributed by atoms with Gasteiger partial charge in [0.15, 0.2) is 5.54 Å². The molecular formula is C28H39NO6. The Morgan fingerprint density at radius 3 is 1.80 bits per heavy atom. The highest BCUT2D eigenvalue weighted by atomic mass is 16.4. The van der Waals surface area contributed by atoms with Gasteiger partial charge in [-0.15, -0.1) is 0 Å². The van der Waals surface area contributed by atoms with Gasteiger partial charge in [0.1, 0.15) is 0 Å². The number of nitrogens with zero attached hydrogens (tertiary/aromatic N) is 1. The number of fused-ring (bicyclic) bond motifs is 1. The van der Waals surface area contributed by atoms with Crippen LogP contribution in [0, 0.1) is 5.92 Å². The Labute approximate surface area is 207 Å². The van der Waals surface area contributed by atoms with E-state index in [1.54, 1.807) is 0 Å². The van der Waals surface area contributed by atoms with Crippen molar-refractivity contribution < 1.29 is 29.4 Å². The van der Waals surface area contributed by atoms with Crippen molar-refractivity contribution in [2.75, 3.05) is 0 Å². The Morgan fingerprint density at radius 1 is 0.857 bits per heavy atom. The third-order valence-corrected chi connectivity index (χ3v) is 7.76. The van der Waals surface area contributed by atoms with Crippen molar-refractivity contribution >= 4 is 23.8 Å². The van der Waals surface area contributed by atoms with Gasteiger partial charge in [-0.05, 0) is 49.7 Å². The Morgan fingerprint density at radius 2 is 1.37 bits per heavy atom. The molecule has 2 atom stereocenters. The summed E-state index contributed by atoms with van der Waals surface area (Å²) in [6.45, 7) is 4.25. The zero-order valence-electron chi connectivity index (χ0n) is 21.1. The van der Waals surface area contributed by atoms with Crippen LogP contribution in [0.5, 0.6) is 0 Å². The molecule has 1 aromatic rings. The van der Waals surface area contributed by atoms with Crippen LogP contribution in [0.25, 0.3) is 0 Å². The zero-order valence-corrected chi connectivity index (χ0v) is 21.1. The monoisotopic (exact) mass is 485 g/mol. The van der Waals surface area contributed by atoms with Crippen molar-refractivity contribution in [3.8, 4) is 0 Å². The summed E-state index contributed by atoms with van der Waals surface area (Å²) in [4.78, 5) is 53.4. The minimum Gasteiger partial charge on any atom is -0.481 e. The number of imide groups is 1. The van der Waals surface area contributed by atoms with E-state index in [1.807, 2.05) is 12.1 Å². The number of carbonyl (C=O) groups is 4. The van der Waals surface area contributed by atoms with Crippen LogP contribution in [0.4, 0.5) is 0 Å². The summed E-state index contributed by atoms with van der Waals surface area (Å²) in [5, 5.41) is 20.2. The molecule has 2 aliphatic rings. The van der Waals surface area contributed by atoms with Crippen LogP contribution < -0.4 is 0 Å². The third-order valence-electron chi connectivity index (χ3n) is 7.76. The van der Waals surface area contributed by atoms with Crippen LogP contribution in [0.15, 0.2) is 12.1 Å². The standard InChI is InChI=1S/C28H39NO6/c1-3-5-7-9-13-19-16-17-20(14-10-8-6-4-2)23-22(19)24(30)29(25(23)31)28(27(34)35)18-12-11-15-21(28)26(32)33/h16-17,21H,3-15,18H2,1-2H3,(H,32,33)(H,34,35). The van der Waals surface area contributed by atoms with Gasteiger partial charge in [-0.25, -0.2) is 4.79 Å². The molecule has 7 heteroatoms. The number of rotatable bonds is 13. The number of carboxylic acid groups (broad SMARTS) is 2. The van der Waals surface area contributed by atoms with Gasteiger partial charge in [-0.2, -0.15) is 0 Å². The van der Waals surface area contributed by atoms with Gasteiger partial charge in [0.05, 0.1) is 17.0 Å². The van der Waals surface area contributed by atoms with Crippen LogP contribution in [-0.2, 0) is 22.4 Å². The van der Waals surface area contributed by atoms with Crippen molar-refractivity contribution in [2.24, 2.45) is 5.92 Å². The SMILES string of the molecule is CCCCCCc1ccc(CCCCCC)c2c1C(=O)N(C1(C(=O)O)CCCCC1C(=O)O)C2=O. The average molecular weight is 486 g/mol. The van der Waals surface area contributed by atoms with Crippen molar-refractivity contribution in [1.82, 2.24) is 4.90 Å². The molecule has 1 aliphatic heterocycles. The van der Waals surface area contributed by atoms with E-state index in [9.17, 15) is 29.4 Å².